The molecular weight excluding hydrogens is 460 g/mol. The average molecular weight is 487 g/mol. The van der Waals surface area contributed by atoms with E-state index in [1.807, 2.05) is 54.6 Å². The third-order valence-corrected chi connectivity index (χ3v) is 7.12. The van der Waals surface area contributed by atoms with Gasteiger partial charge in [-0.25, -0.2) is 9.97 Å². The number of anilines is 1. The van der Waals surface area contributed by atoms with E-state index in [2.05, 4.69) is 64.8 Å². The second-order valence-electron chi connectivity index (χ2n) is 9.13. The van der Waals surface area contributed by atoms with Crippen LogP contribution in [-0.2, 0) is 0 Å². The van der Waals surface area contributed by atoms with Crippen molar-refractivity contribution in [2.45, 2.75) is 12.3 Å². The van der Waals surface area contributed by atoms with E-state index in [-0.39, 0.29) is 0 Å². The molecule has 5 heteroatoms. The van der Waals surface area contributed by atoms with E-state index in [9.17, 15) is 0 Å². The number of rotatable bonds is 4. The number of nitrogens with one attached hydrogen (secondary N) is 1. The van der Waals surface area contributed by atoms with Crippen LogP contribution in [0.15, 0.2) is 109 Å². The van der Waals surface area contributed by atoms with E-state index in [0.717, 1.165) is 63.9 Å². The molecule has 1 atom stereocenters. The quantitative estimate of drug-likeness (QED) is 0.273. The number of hydrogen-bond acceptors (Lipinski definition) is 3. The predicted molar refractivity (Wildman–Crippen MR) is 152 cm³/mol. The maximum Gasteiger partial charge on any atom is 0.173 e. The number of benzene rings is 4. The van der Waals surface area contributed by atoms with E-state index in [1.165, 1.54) is 5.56 Å². The number of thiocarbonyl (C=S) groups is 1. The van der Waals surface area contributed by atoms with Crippen molar-refractivity contribution in [1.29, 1.82) is 0 Å². The fourth-order valence-corrected chi connectivity index (χ4v) is 5.15. The first-order valence-corrected chi connectivity index (χ1v) is 12.7. The van der Waals surface area contributed by atoms with Crippen LogP contribution >= 0.6 is 12.2 Å². The highest BCUT2D eigenvalue weighted by molar-refractivity contribution is 7.80. The van der Waals surface area contributed by atoms with Crippen LogP contribution in [0.4, 0.5) is 5.69 Å². The zero-order valence-electron chi connectivity index (χ0n) is 19.8. The van der Waals surface area contributed by atoms with Crippen molar-refractivity contribution in [1.82, 2.24) is 14.9 Å². The Labute approximate surface area is 216 Å². The van der Waals surface area contributed by atoms with Gasteiger partial charge in [-0.1, -0.05) is 91.0 Å². The van der Waals surface area contributed by atoms with E-state index in [0.29, 0.717) is 5.92 Å². The first-order chi connectivity index (χ1) is 17.7. The molecular formula is C31H26N4S. The highest BCUT2D eigenvalue weighted by atomic mass is 32.1. The molecule has 0 saturated carbocycles. The molecule has 0 unspecified atom stereocenters. The second kappa shape index (κ2) is 9.88. The van der Waals surface area contributed by atoms with Crippen molar-refractivity contribution < 1.29 is 0 Å². The van der Waals surface area contributed by atoms with Crippen LogP contribution in [0.5, 0.6) is 0 Å². The number of hydrogen-bond donors (Lipinski definition) is 1. The summed E-state index contributed by atoms with van der Waals surface area (Å²) in [5.41, 5.74) is 7.86. The molecule has 1 aromatic heterocycles. The maximum absolute atomic E-state index is 5.79. The van der Waals surface area contributed by atoms with Crippen molar-refractivity contribution in [3.63, 3.8) is 0 Å². The maximum atomic E-state index is 5.79. The fourth-order valence-electron chi connectivity index (χ4n) is 4.87. The molecule has 6 rings (SSSR count). The molecule has 1 aliphatic heterocycles. The van der Waals surface area contributed by atoms with Crippen LogP contribution in [0.3, 0.4) is 0 Å². The Balaban J connectivity index is 1.29. The summed E-state index contributed by atoms with van der Waals surface area (Å²) < 4.78 is 0. The van der Waals surface area contributed by atoms with Crippen LogP contribution in [0.1, 0.15) is 17.9 Å². The molecule has 36 heavy (non-hydrogen) atoms. The standard InChI is InChI=1S/C31H26N4S/c36-31(35-19-18-25(21-35)22-10-4-1-5-11-22)32-26-16-17-27-28(20-26)34-30(24-14-8-3-9-15-24)29(33-27)23-12-6-2-7-13-23/h1-17,20,25H,18-19,21H2,(H,32,36)/t25-/m1/s1. The Kier molecular flexibility index (Phi) is 6.14. The van der Waals surface area contributed by atoms with Crippen LogP contribution in [0.25, 0.3) is 33.5 Å². The Morgan fingerprint density at radius 2 is 1.31 bits per heavy atom. The van der Waals surface area contributed by atoms with Crippen LogP contribution in [0, 0.1) is 0 Å². The highest BCUT2D eigenvalue weighted by Crippen LogP contribution is 2.32. The lowest BCUT2D eigenvalue weighted by atomic mass is 9.99. The van der Waals surface area contributed by atoms with Gasteiger partial charge in [0.25, 0.3) is 0 Å². The number of aromatic nitrogens is 2. The third kappa shape index (κ3) is 4.58. The molecule has 1 fully saturated rings. The Morgan fingerprint density at radius 3 is 1.94 bits per heavy atom. The zero-order chi connectivity index (χ0) is 24.3. The van der Waals surface area contributed by atoms with E-state index in [4.69, 9.17) is 22.2 Å². The Hall–Kier alpha value is -4.09. The topological polar surface area (TPSA) is 41.1 Å². The molecule has 0 aliphatic carbocycles. The number of nitrogens with zero attached hydrogens (tertiary/aromatic N) is 3. The first-order valence-electron chi connectivity index (χ1n) is 12.3. The lowest BCUT2D eigenvalue weighted by Crippen LogP contribution is -2.32. The first kappa shape index (κ1) is 22.4. The lowest BCUT2D eigenvalue weighted by molar-refractivity contribution is 0.518. The van der Waals surface area contributed by atoms with Crippen molar-refractivity contribution in [2.24, 2.45) is 0 Å². The summed E-state index contributed by atoms with van der Waals surface area (Å²) in [6, 6.07) is 37.3. The summed E-state index contributed by atoms with van der Waals surface area (Å²) in [5.74, 6) is 0.512. The molecule has 0 amide bonds. The van der Waals surface area contributed by atoms with Crippen LogP contribution < -0.4 is 5.32 Å². The fraction of sp³-hybridized carbons (Fsp3) is 0.129. The van der Waals surface area contributed by atoms with Crippen molar-refractivity contribution in [2.75, 3.05) is 18.4 Å². The summed E-state index contributed by atoms with van der Waals surface area (Å²) in [4.78, 5) is 12.4. The van der Waals surface area contributed by atoms with Crippen molar-refractivity contribution >= 4 is 34.1 Å². The van der Waals surface area contributed by atoms with Gasteiger partial charge in [0.15, 0.2) is 5.11 Å². The summed E-state index contributed by atoms with van der Waals surface area (Å²) in [5, 5.41) is 4.20. The molecule has 1 saturated heterocycles. The molecule has 2 heterocycles. The van der Waals surface area contributed by atoms with Gasteiger partial charge in [-0.15, -0.1) is 0 Å². The molecule has 0 spiro atoms. The Morgan fingerprint density at radius 1 is 0.722 bits per heavy atom. The molecule has 1 N–H and O–H groups in total. The molecule has 1 aliphatic rings. The SMILES string of the molecule is S=C(Nc1ccc2nc(-c3ccccc3)c(-c3ccccc3)nc2c1)N1CC[C@@H](c2ccccc2)C1. The summed E-state index contributed by atoms with van der Waals surface area (Å²) in [6.07, 6.45) is 1.11. The summed E-state index contributed by atoms with van der Waals surface area (Å²) >= 11 is 5.79. The van der Waals surface area contributed by atoms with Gasteiger partial charge >= 0.3 is 0 Å². The monoisotopic (exact) mass is 486 g/mol. The van der Waals surface area contributed by atoms with Crippen molar-refractivity contribution in [3.8, 4) is 22.5 Å². The average Bonchev–Trinajstić information content (AvgIpc) is 3.45. The Bertz CT molecular complexity index is 1500. The van der Waals surface area contributed by atoms with Crippen LogP contribution in [0.2, 0.25) is 0 Å². The minimum Gasteiger partial charge on any atom is -0.348 e. The van der Waals surface area contributed by atoms with Crippen LogP contribution in [-0.4, -0.2) is 33.1 Å². The number of likely N-dealkylation sites (tertiary alicyclic amines) is 1. The lowest BCUT2D eigenvalue weighted by Gasteiger charge is -2.21. The van der Waals surface area contributed by atoms with E-state index >= 15 is 0 Å². The van der Waals surface area contributed by atoms with Gasteiger partial charge in [0.2, 0.25) is 0 Å². The smallest absolute Gasteiger partial charge is 0.173 e. The largest absolute Gasteiger partial charge is 0.348 e. The summed E-state index contributed by atoms with van der Waals surface area (Å²) in [6.45, 7) is 1.89. The molecule has 4 aromatic carbocycles. The zero-order valence-corrected chi connectivity index (χ0v) is 20.7. The summed E-state index contributed by atoms with van der Waals surface area (Å²) in [7, 11) is 0. The molecule has 176 valence electrons. The van der Waals surface area contributed by atoms with Gasteiger partial charge in [-0.05, 0) is 42.4 Å². The van der Waals surface area contributed by atoms with Gasteiger partial charge in [0.1, 0.15) is 0 Å². The molecule has 0 radical (unpaired) electrons. The van der Waals surface area contributed by atoms with E-state index < -0.39 is 0 Å². The normalized spacial score (nSPS) is 15.2. The molecule has 4 nitrogen and oxygen atoms in total. The minimum absolute atomic E-state index is 0.512. The van der Waals surface area contributed by atoms with E-state index in [1.54, 1.807) is 0 Å². The van der Waals surface area contributed by atoms with Gasteiger partial charge < -0.3 is 10.2 Å². The van der Waals surface area contributed by atoms with Crippen molar-refractivity contribution in [3.05, 3.63) is 115 Å². The van der Waals surface area contributed by atoms with Gasteiger partial charge in [-0.2, -0.15) is 0 Å². The van der Waals surface area contributed by atoms with Gasteiger partial charge in [0, 0.05) is 35.8 Å². The highest BCUT2D eigenvalue weighted by Gasteiger charge is 2.25. The van der Waals surface area contributed by atoms with Gasteiger partial charge in [-0.3, -0.25) is 0 Å². The minimum atomic E-state index is 0.512. The second-order valence-corrected chi connectivity index (χ2v) is 9.52. The molecule has 0 bridgehead atoms. The predicted octanol–water partition coefficient (Wildman–Crippen LogP) is 7.15. The number of fused-ring (bicyclic) bond motifs is 1. The van der Waals surface area contributed by atoms with Gasteiger partial charge in [0.05, 0.1) is 22.4 Å². The molecule has 5 aromatic rings. The third-order valence-electron chi connectivity index (χ3n) is 6.76.